The van der Waals surface area contributed by atoms with Gasteiger partial charge in [-0.25, -0.2) is 9.37 Å². The summed E-state index contributed by atoms with van der Waals surface area (Å²) in [6.07, 6.45) is 1.46. The van der Waals surface area contributed by atoms with Gasteiger partial charge in [0.15, 0.2) is 5.82 Å². The van der Waals surface area contributed by atoms with E-state index in [-0.39, 0.29) is 5.82 Å². The van der Waals surface area contributed by atoms with Crippen molar-refractivity contribution in [2.45, 2.75) is 6.92 Å². The van der Waals surface area contributed by atoms with Gasteiger partial charge in [-0.1, -0.05) is 12.1 Å². The lowest BCUT2D eigenvalue weighted by molar-refractivity contribution is 0.625. The summed E-state index contributed by atoms with van der Waals surface area (Å²) in [4.78, 5) is 5.80. The number of nitriles is 1. The van der Waals surface area contributed by atoms with Gasteiger partial charge in [0.2, 0.25) is 0 Å². The maximum absolute atomic E-state index is 13.9. The van der Waals surface area contributed by atoms with E-state index in [4.69, 9.17) is 11.0 Å². The largest absolute Gasteiger partial charge is 0.397 e. The lowest BCUT2D eigenvalue weighted by Gasteiger charge is -2.23. The third-order valence-corrected chi connectivity index (χ3v) is 2.72. The Kier molecular flexibility index (Phi) is 3.62. The van der Waals surface area contributed by atoms with E-state index in [1.165, 1.54) is 18.3 Å². The van der Waals surface area contributed by atoms with Crippen LogP contribution in [0.2, 0.25) is 0 Å². The molecular weight excluding hydrogens is 243 g/mol. The highest BCUT2D eigenvalue weighted by atomic mass is 19.1. The molecule has 2 rings (SSSR count). The molecule has 1 aromatic carbocycles. The number of benzene rings is 1. The van der Waals surface area contributed by atoms with Crippen LogP contribution in [0.15, 0.2) is 36.5 Å². The van der Waals surface area contributed by atoms with Gasteiger partial charge >= 0.3 is 0 Å². The fourth-order valence-electron chi connectivity index (χ4n) is 1.88. The Morgan fingerprint density at radius 3 is 2.79 bits per heavy atom. The van der Waals surface area contributed by atoms with Crippen LogP contribution in [0.3, 0.4) is 0 Å². The summed E-state index contributed by atoms with van der Waals surface area (Å²) < 4.78 is 13.9. The van der Waals surface area contributed by atoms with Crippen molar-refractivity contribution in [2.24, 2.45) is 0 Å². The van der Waals surface area contributed by atoms with Gasteiger partial charge < -0.3 is 10.6 Å². The number of rotatable bonds is 3. The number of aromatic nitrogens is 1. The SMILES string of the molecule is CCN(c1ccccc1F)c1ncc(N)cc1C#N. The summed E-state index contributed by atoms with van der Waals surface area (Å²) >= 11 is 0. The predicted octanol–water partition coefficient (Wildman–Crippen LogP) is 2.83. The highest BCUT2D eigenvalue weighted by Gasteiger charge is 2.16. The molecule has 0 atom stereocenters. The Morgan fingerprint density at radius 1 is 1.42 bits per heavy atom. The normalized spacial score (nSPS) is 9.95. The van der Waals surface area contributed by atoms with Gasteiger partial charge in [0, 0.05) is 6.54 Å². The topological polar surface area (TPSA) is 65.9 Å². The van der Waals surface area contributed by atoms with Crippen molar-refractivity contribution in [3.05, 3.63) is 47.9 Å². The van der Waals surface area contributed by atoms with Crippen molar-refractivity contribution in [3.8, 4) is 6.07 Å². The maximum atomic E-state index is 13.9. The molecule has 19 heavy (non-hydrogen) atoms. The lowest BCUT2D eigenvalue weighted by atomic mass is 10.2. The van der Waals surface area contributed by atoms with Crippen LogP contribution >= 0.6 is 0 Å². The molecule has 0 fully saturated rings. The Morgan fingerprint density at radius 2 is 2.16 bits per heavy atom. The molecule has 4 nitrogen and oxygen atoms in total. The molecule has 0 saturated carbocycles. The molecule has 0 amide bonds. The molecule has 0 radical (unpaired) electrons. The Hall–Kier alpha value is -2.61. The Balaban J connectivity index is 2.55. The van der Waals surface area contributed by atoms with Crippen LogP contribution in [0.5, 0.6) is 0 Å². The first-order valence-corrected chi connectivity index (χ1v) is 5.85. The number of hydrogen-bond acceptors (Lipinski definition) is 4. The molecule has 0 unspecified atom stereocenters. The molecule has 0 aliphatic heterocycles. The van der Waals surface area contributed by atoms with E-state index in [2.05, 4.69) is 4.98 Å². The fourth-order valence-corrected chi connectivity index (χ4v) is 1.88. The first-order valence-electron chi connectivity index (χ1n) is 5.85. The van der Waals surface area contributed by atoms with E-state index in [0.717, 1.165) is 0 Å². The minimum atomic E-state index is -0.355. The van der Waals surface area contributed by atoms with Crippen LogP contribution in [0.1, 0.15) is 12.5 Å². The van der Waals surface area contributed by atoms with Crippen molar-refractivity contribution >= 4 is 17.2 Å². The molecule has 0 aliphatic rings. The monoisotopic (exact) mass is 256 g/mol. The summed E-state index contributed by atoms with van der Waals surface area (Å²) in [7, 11) is 0. The van der Waals surface area contributed by atoms with Crippen molar-refractivity contribution in [3.63, 3.8) is 0 Å². The molecule has 2 N–H and O–H groups in total. The minimum Gasteiger partial charge on any atom is -0.397 e. The summed E-state index contributed by atoms with van der Waals surface area (Å²) in [6, 6.07) is 9.95. The highest BCUT2D eigenvalue weighted by Crippen LogP contribution is 2.28. The van der Waals surface area contributed by atoms with Gasteiger partial charge in [-0.2, -0.15) is 5.26 Å². The van der Waals surface area contributed by atoms with Crippen LogP contribution in [0.4, 0.5) is 21.6 Å². The van der Waals surface area contributed by atoms with Gasteiger partial charge in [0.05, 0.1) is 23.1 Å². The smallest absolute Gasteiger partial charge is 0.151 e. The van der Waals surface area contributed by atoms with E-state index in [1.54, 1.807) is 23.1 Å². The van der Waals surface area contributed by atoms with Crippen LogP contribution in [-0.4, -0.2) is 11.5 Å². The summed E-state index contributed by atoms with van der Waals surface area (Å²) in [5.74, 6) is 0.0520. The molecule has 5 heteroatoms. The minimum absolute atomic E-state index is 0.324. The molecular formula is C14H13FN4. The van der Waals surface area contributed by atoms with Crippen molar-refractivity contribution in [2.75, 3.05) is 17.2 Å². The van der Waals surface area contributed by atoms with Gasteiger partial charge in [-0.3, -0.25) is 0 Å². The van der Waals surface area contributed by atoms with Crippen LogP contribution in [0.25, 0.3) is 0 Å². The number of pyridine rings is 1. The second kappa shape index (κ2) is 5.36. The zero-order valence-electron chi connectivity index (χ0n) is 10.5. The third-order valence-electron chi connectivity index (χ3n) is 2.72. The number of halogens is 1. The van der Waals surface area contributed by atoms with Crippen molar-refractivity contribution in [1.29, 1.82) is 5.26 Å². The van der Waals surface area contributed by atoms with Crippen molar-refractivity contribution < 1.29 is 4.39 Å². The third kappa shape index (κ3) is 2.47. The lowest BCUT2D eigenvalue weighted by Crippen LogP contribution is -2.20. The zero-order chi connectivity index (χ0) is 13.8. The highest BCUT2D eigenvalue weighted by molar-refractivity contribution is 5.67. The molecule has 1 aromatic heterocycles. The van der Waals surface area contributed by atoms with Gasteiger partial charge in [0.25, 0.3) is 0 Å². The molecule has 1 heterocycles. The Labute approximate surface area is 110 Å². The maximum Gasteiger partial charge on any atom is 0.151 e. The van der Waals surface area contributed by atoms with Crippen molar-refractivity contribution in [1.82, 2.24) is 4.98 Å². The number of nitrogens with zero attached hydrogens (tertiary/aromatic N) is 3. The summed E-state index contributed by atoms with van der Waals surface area (Å²) in [5, 5.41) is 9.14. The average molecular weight is 256 g/mol. The molecule has 2 aromatic rings. The number of nitrogen functional groups attached to an aromatic ring is 1. The van der Waals surface area contributed by atoms with E-state index in [9.17, 15) is 4.39 Å². The molecule has 0 saturated heterocycles. The predicted molar refractivity (Wildman–Crippen MR) is 72.4 cm³/mol. The first kappa shape index (κ1) is 12.8. The van der Waals surface area contributed by atoms with Crippen LogP contribution in [0, 0.1) is 17.1 Å². The zero-order valence-corrected chi connectivity index (χ0v) is 10.5. The molecule has 0 aliphatic carbocycles. The van der Waals surface area contributed by atoms with Crippen LogP contribution < -0.4 is 10.6 Å². The molecule has 0 bridgehead atoms. The molecule has 0 spiro atoms. The second-order valence-electron chi connectivity index (χ2n) is 3.95. The first-order chi connectivity index (χ1) is 9.17. The quantitative estimate of drug-likeness (QED) is 0.917. The fraction of sp³-hybridized carbons (Fsp3) is 0.143. The van der Waals surface area contributed by atoms with Gasteiger partial charge in [0.1, 0.15) is 11.9 Å². The van der Waals surface area contributed by atoms with E-state index in [0.29, 0.717) is 29.3 Å². The van der Waals surface area contributed by atoms with Gasteiger partial charge in [-0.15, -0.1) is 0 Å². The van der Waals surface area contributed by atoms with E-state index >= 15 is 0 Å². The van der Waals surface area contributed by atoms with Gasteiger partial charge in [-0.05, 0) is 25.1 Å². The molecule has 96 valence electrons. The summed E-state index contributed by atoms with van der Waals surface area (Å²) in [5.41, 5.74) is 6.73. The number of anilines is 3. The average Bonchev–Trinajstić information content (AvgIpc) is 2.43. The standard InChI is InChI=1S/C14H13FN4/c1-2-19(13-6-4-3-5-12(13)15)14-10(8-16)7-11(17)9-18-14/h3-7,9H,2,17H2,1H3. The number of para-hydroxylation sites is 1. The van der Waals surface area contributed by atoms with E-state index < -0.39 is 0 Å². The van der Waals surface area contributed by atoms with E-state index in [1.807, 2.05) is 13.0 Å². The number of hydrogen-bond donors (Lipinski definition) is 1. The number of nitrogens with two attached hydrogens (primary N) is 1. The van der Waals surface area contributed by atoms with Crippen LogP contribution in [-0.2, 0) is 0 Å². The second-order valence-corrected chi connectivity index (χ2v) is 3.95. The summed E-state index contributed by atoms with van der Waals surface area (Å²) in [6.45, 7) is 2.36. The Bertz CT molecular complexity index is 634.